The predicted octanol–water partition coefficient (Wildman–Crippen LogP) is 5.84. The molecule has 0 aliphatic carbocycles. The van der Waals surface area contributed by atoms with E-state index in [0.717, 1.165) is 16.7 Å². The number of ether oxygens (including phenoxy) is 4. The molecule has 0 bridgehead atoms. The van der Waals surface area contributed by atoms with Gasteiger partial charge in [-0.15, -0.1) is 0 Å². The zero-order chi connectivity index (χ0) is 38.6. The summed E-state index contributed by atoms with van der Waals surface area (Å²) >= 11 is 0. The summed E-state index contributed by atoms with van der Waals surface area (Å²) in [6.45, 7) is 9.00. The molecule has 0 radical (unpaired) electrons. The number of nitriles is 1. The van der Waals surface area contributed by atoms with E-state index in [4.69, 9.17) is 18.9 Å². The minimum atomic E-state index is -5.07. The number of nitrogens with one attached hydrogen (secondary N) is 1. The molecule has 1 fully saturated rings. The Hall–Kier alpha value is -4.34. The number of hydrogen-bond acceptors (Lipinski definition) is 10. The molecule has 2 heterocycles. The Balaban J connectivity index is 1.72. The Labute approximate surface area is 310 Å². The second kappa shape index (κ2) is 15.9. The summed E-state index contributed by atoms with van der Waals surface area (Å²) in [6, 6.07) is 26.3. The van der Waals surface area contributed by atoms with E-state index >= 15 is 0 Å². The van der Waals surface area contributed by atoms with Crippen LogP contribution in [0.4, 0.5) is 0 Å². The zero-order valence-corrected chi connectivity index (χ0v) is 32.3. The number of aromatic amines is 1. The van der Waals surface area contributed by atoms with E-state index in [9.17, 15) is 24.6 Å². The second-order valence-corrected chi connectivity index (χ2v) is 18.2. The monoisotopic (exact) mass is 746 g/mol. The molecule has 1 aromatic heterocycles. The van der Waals surface area contributed by atoms with E-state index in [1.807, 2.05) is 107 Å². The summed E-state index contributed by atoms with van der Waals surface area (Å²) in [5.41, 5.74) is -0.787. The predicted molar refractivity (Wildman–Crippen MR) is 205 cm³/mol. The maximum absolute atomic E-state index is 13.2. The van der Waals surface area contributed by atoms with Crippen molar-refractivity contribution in [3.63, 3.8) is 0 Å². The Bertz CT molecular complexity index is 1950. The molecule has 1 aliphatic rings. The summed E-state index contributed by atoms with van der Waals surface area (Å²) < 4.78 is 27.9. The molecule has 0 spiro atoms. The van der Waals surface area contributed by atoms with E-state index in [2.05, 4.69) is 11.1 Å². The van der Waals surface area contributed by atoms with Gasteiger partial charge in [0.15, 0.2) is 0 Å². The number of aromatic nitrogens is 2. The molecule has 0 saturated carbocycles. The van der Waals surface area contributed by atoms with Crippen molar-refractivity contribution in [1.29, 1.82) is 5.26 Å². The van der Waals surface area contributed by atoms with Crippen LogP contribution in [-0.2, 0) is 15.1 Å². The van der Waals surface area contributed by atoms with Crippen molar-refractivity contribution in [2.75, 3.05) is 27.0 Å². The quantitative estimate of drug-likeness (QED) is 0.0997. The first-order valence-corrected chi connectivity index (χ1v) is 20.2. The molecule has 13 heteroatoms. The molecule has 0 unspecified atom stereocenters. The SMILES string of the molecule is COc1ccc(C(OC[C@H]2O[C@@H](n3cc(C)c(=O)[nH]c3=O)C[C@@H]2P(O)(O)(CCC#N)N(C(C)C)C(C)C)(c2ccccc2)c2ccc(OC)cc2)cc1. The first kappa shape index (κ1) is 39.9. The van der Waals surface area contributed by atoms with Gasteiger partial charge in [0.25, 0.3) is 0 Å². The Kier molecular flexibility index (Phi) is 12.0. The van der Waals surface area contributed by atoms with Gasteiger partial charge in [-0.1, -0.05) is 0 Å². The van der Waals surface area contributed by atoms with E-state index in [-0.39, 0.29) is 37.7 Å². The summed E-state index contributed by atoms with van der Waals surface area (Å²) in [4.78, 5) is 54.0. The van der Waals surface area contributed by atoms with E-state index in [1.54, 1.807) is 25.8 Å². The van der Waals surface area contributed by atoms with Gasteiger partial charge in [-0.05, 0) is 0 Å². The summed E-state index contributed by atoms with van der Waals surface area (Å²) in [6.07, 6.45) is -0.834. The molecule has 3 aromatic carbocycles. The molecule has 1 saturated heterocycles. The van der Waals surface area contributed by atoms with Crippen LogP contribution in [0.1, 0.15) is 69.0 Å². The van der Waals surface area contributed by atoms with Crippen LogP contribution >= 0.6 is 7.21 Å². The molecular weight excluding hydrogens is 695 g/mol. The van der Waals surface area contributed by atoms with Crippen LogP contribution in [0.3, 0.4) is 0 Å². The molecule has 284 valence electrons. The standard InChI is InChI=1S/C40H51N4O8P/c1-27(2)44(28(3)4)53(47,48,23-11-22-41)36-24-37(43-25-29(5)38(45)42-39(43)46)52-35(36)26-51-40(30-12-9-8-10-13-30,31-14-18-33(49-6)19-15-31)32-16-20-34(50-7)21-17-32/h8-10,12-21,25,27-28,35-37,47-48H,11,23-24,26H2,1-7H3,(H,42,45,46)/t35-,36+,37-/m1/s1. The Morgan fingerprint density at radius 2 is 1.45 bits per heavy atom. The van der Waals surface area contributed by atoms with Crippen LogP contribution in [0.2, 0.25) is 0 Å². The van der Waals surface area contributed by atoms with E-state index < -0.39 is 42.0 Å². The van der Waals surface area contributed by atoms with Crippen LogP contribution < -0.4 is 20.7 Å². The van der Waals surface area contributed by atoms with Gasteiger partial charge in [0, 0.05) is 0 Å². The molecule has 53 heavy (non-hydrogen) atoms. The van der Waals surface area contributed by atoms with Gasteiger partial charge in [-0.25, -0.2) is 0 Å². The first-order valence-electron chi connectivity index (χ1n) is 17.8. The first-order chi connectivity index (χ1) is 25.2. The Morgan fingerprint density at radius 3 is 1.94 bits per heavy atom. The molecular formula is C40H51N4O8P. The normalized spacial score (nSPS) is 18.5. The van der Waals surface area contributed by atoms with Gasteiger partial charge >= 0.3 is 311 Å². The number of nitrogens with zero attached hydrogens (tertiary/aromatic N) is 3. The third-order valence-electron chi connectivity index (χ3n) is 10.2. The van der Waals surface area contributed by atoms with Gasteiger partial charge < -0.3 is 0 Å². The Morgan fingerprint density at radius 1 is 0.925 bits per heavy atom. The van der Waals surface area contributed by atoms with Gasteiger partial charge in [-0.3, -0.25) is 0 Å². The van der Waals surface area contributed by atoms with Crippen LogP contribution in [0.15, 0.2) is 94.6 Å². The maximum atomic E-state index is 13.2. The van der Waals surface area contributed by atoms with E-state index in [1.165, 1.54) is 10.8 Å². The summed E-state index contributed by atoms with van der Waals surface area (Å²) in [5.74, 6) is 1.32. The van der Waals surface area contributed by atoms with Crippen LogP contribution in [-0.4, -0.2) is 74.8 Å². The van der Waals surface area contributed by atoms with Crippen molar-refractivity contribution in [1.82, 2.24) is 14.2 Å². The van der Waals surface area contributed by atoms with Crippen molar-refractivity contribution < 1.29 is 28.7 Å². The van der Waals surface area contributed by atoms with Crippen molar-refractivity contribution in [3.05, 3.63) is 128 Å². The number of hydrogen-bond donors (Lipinski definition) is 3. The number of aryl methyl sites for hydroxylation is 1. The molecule has 3 N–H and O–H groups in total. The third-order valence-corrected chi connectivity index (χ3v) is 15.1. The molecule has 0 amide bonds. The molecule has 12 nitrogen and oxygen atoms in total. The molecule has 1 aliphatic heterocycles. The fraction of sp³-hybridized carbons (Fsp3) is 0.425. The van der Waals surface area contributed by atoms with Gasteiger partial charge in [-0.2, -0.15) is 0 Å². The number of benzene rings is 3. The average molecular weight is 747 g/mol. The number of methoxy groups -OCH3 is 2. The van der Waals surface area contributed by atoms with Crippen LogP contribution in [0, 0.1) is 18.3 Å². The zero-order valence-electron chi connectivity index (χ0n) is 31.4. The van der Waals surface area contributed by atoms with Gasteiger partial charge in [0.2, 0.25) is 0 Å². The van der Waals surface area contributed by atoms with Crippen molar-refractivity contribution in [3.8, 4) is 17.6 Å². The van der Waals surface area contributed by atoms with Gasteiger partial charge in [0.1, 0.15) is 0 Å². The van der Waals surface area contributed by atoms with Crippen molar-refractivity contribution in [2.45, 2.75) is 83.1 Å². The molecule has 4 aromatic rings. The molecule has 3 atom stereocenters. The minimum absolute atomic E-state index is 0.00895. The number of rotatable bonds is 15. The molecule has 5 rings (SSSR count). The van der Waals surface area contributed by atoms with Crippen molar-refractivity contribution >= 4 is 7.21 Å². The fourth-order valence-corrected chi connectivity index (χ4v) is 12.9. The van der Waals surface area contributed by atoms with Crippen molar-refractivity contribution in [2.24, 2.45) is 0 Å². The van der Waals surface area contributed by atoms with Crippen LogP contribution in [0.25, 0.3) is 0 Å². The third kappa shape index (κ3) is 7.69. The van der Waals surface area contributed by atoms with Gasteiger partial charge in [0.05, 0.1) is 0 Å². The number of H-pyrrole nitrogens is 1. The topological polar surface area (TPSA) is 159 Å². The van der Waals surface area contributed by atoms with Crippen LogP contribution in [0.5, 0.6) is 11.5 Å². The fourth-order valence-electron chi connectivity index (χ4n) is 7.99. The summed E-state index contributed by atoms with van der Waals surface area (Å²) in [7, 11) is -1.87. The average Bonchev–Trinajstić information content (AvgIpc) is 3.58. The second-order valence-electron chi connectivity index (χ2n) is 14.1. The summed E-state index contributed by atoms with van der Waals surface area (Å²) in [5, 5.41) is 9.77. The van der Waals surface area contributed by atoms with E-state index in [0.29, 0.717) is 17.1 Å².